The molecule has 17 heavy (non-hydrogen) atoms. The molecule has 0 spiro atoms. The molecule has 94 valence electrons. The van der Waals surface area contributed by atoms with Crippen LogP contribution in [-0.2, 0) is 17.6 Å². The Morgan fingerprint density at radius 1 is 1.24 bits per heavy atom. The molecule has 0 aliphatic carbocycles. The normalized spacial score (nSPS) is 10.1. The van der Waals surface area contributed by atoms with Crippen LogP contribution in [0.4, 0.5) is 0 Å². The average Bonchev–Trinajstić information content (AvgIpc) is 2.30. The molecule has 0 amide bonds. The zero-order valence-corrected chi connectivity index (χ0v) is 10.0. The Kier molecular flexibility index (Phi) is 4.78. The number of carboxylic acids is 1. The van der Waals surface area contributed by atoms with Crippen molar-refractivity contribution in [2.45, 2.75) is 12.8 Å². The van der Waals surface area contributed by atoms with Crippen LogP contribution >= 0.6 is 0 Å². The van der Waals surface area contributed by atoms with Crippen molar-refractivity contribution in [3.8, 4) is 11.5 Å². The van der Waals surface area contributed by atoms with Gasteiger partial charge in [-0.2, -0.15) is 0 Å². The monoisotopic (exact) mass is 239 g/mol. The highest BCUT2D eigenvalue weighted by molar-refractivity contribution is 5.71. The molecule has 0 aromatic heterocycles. The van der Waals surface area contributed by atoms with Gasteiger partial charge >= 0.3 is 5.97 Å². The molecular weight excluding hydrogens is 222 g/mol. The molecule has 0 aliphatic heterocycles. The molecule has 0 aliphatic rings. The third-order valence-corrected chi connectivity index (χ3v) is 2.46. The second-order valence-electron chi connectivity index (χ2n) is 3.59. The van der Waals surface area contributed by atoms with Crippen molar-refractivity contribution in [2.75, 3.05) is 20.8 Å². The van der Waals surface area contributed by atoms with Gasteiger partial charge in [0.05, 0.1) is 20.6 Å². The van der Waals surface area contributed by atoms with Crippen LogP contribution in [0.2, 0.25) is 0 Å². The van der Waals surface area contributed by atoms with Crippen LogP contribution in [0.3, 0.4) is 0 Å². The van der Waals surface area contributed by atoms with Crippen molar-refractivity contribution < 1.29 is 19.4 Å². The standard InChI is InChI=1S/C12H17NO4/c1-16-10-5-8(3-4-13)9(7-12(14)15)6-11(10)17-2/h5-6H,3-4,7,13H2,1-2H3,(H,14,15). The molecule has 1 aromatic carbocycles. The predicted octanol–water partition coefficient (Wildman–Crippen LogP) is 0.832. The Bertz CT molecular complexity index is 404. The van der Waals surface area contributed by atoms with E-state index in [-0.39, 0.29) is 6.42 Å². The van der Waals surface area contributed by atoms with Gasteiger partial charge in [-0.05, 0) is 36.2 Å². The maximum absolute atomic E-state index is 10.8. The van der Waals surface area contributed by atoms with E-state index in [1.54, 1.807) is 19.2 Å². The fourth-order valence-corrected chi connectivity index (χ4v) is 1.68. The van der Waals surface area contributed by atoms with Gasteiger partial charge < -0.3 is 20.3 Å². The summed E-state index contributed by atoms with van der Waals surface area (Å²) in [5.41, 5.74) is 7.09. The summed E-state index contributed by atoms with van der Waals surface area (Å²) in [5, 5.41) is 8.85. The lowest BCUT2D eigenvalue weighted by Gasteiger charge is -2.13. The molecule has 5 nitrogen and oxygen atoms in total. The van der Waals surface area contributed by atoms with Crippen LogP contribution in [0.5, 0.6) is 11.5 Å². The minimum Gasteiger partial charge on any atom is -0.493 e. The summed E-state index contributed by atoms with van der Waals surface area (Å²) in [6, 6.07) is 3.47. The van der Waals surface area contributed by atoms with E-state index in [0.29, 0.717) is 30.0 Å². The lowest BCUT2D eigenvalue weighted by molar-refractivity contribution is -0.136. The van der Waals surface area contributed by atoms with E-state index in [4.69, 9.17) is 20.3 Å². The van der Waals surface area contributed by atoms with Gasteiger partial charge in [-0.3, -0.25) is 4.79 Å². The van der Waals surface area contributed by atoms with Crippen molar-refractivity contribution in [1.82, 2.24) is 0 Å². The van der Waals surface area contributed by atoms with E-state index in [1.165, 1.54) is 7.11 Å². The quantitative estimate of drug-likeness (QED) is 0.768. The molecule has 1 rings (SSSR count). The highest BCUT2D eigenvalue weighted by atomic mass is 16.5. The van der Waals surface area contributed by atoms with E-state index < -0.39 is 5.97 Å². The molecule has 3 N–H and O–H groups in total. The Morgan fingerprint density at radius 2 is 1.76 bits per heavy atom. The number of carbonyl (C=O) groups is 1. The summed E-state index contributed by atoms with van der Waals surface area (Å²) in [4.78, 5) is 10.8. The van der Waals surface area contributed by atoms with Crippen LogP contribution in [-0.4, -0.2) is 31.8 Å². The first-order chi connectivity index (χ1) is 8.12. The SMILES string of the molecule is COc1cc(CCN)c(CC(=O)O)cc1OC. The molecule has 0 heterocycles. The number of ether oxygens (including phenoxy) is 2. The molecule has 0 atom stereocenters. The maximum atomic E-state index is 10.8. The highest BCUT2D eigenvalue weighted by Gasteiger charge is 2.12. The van der Waals surface area contributed by atoms with E-state index in [0.717, 1.165) is 5.56 Å². The second kappa shape index (κ2) is 6.10. The predicted molar refractivity (Wildman–Crippen MR) is 63.6 cm³/mol. The largest absolute Gasteiger partial charge is 0.493 e. The molecule has 0 radical (unpaired) electrons. The summed E-state index contributed by atoms with van der Waals surface area (Å²) < 4.78 is 10.3. The molecule has 1 aromatic rings. The van der Waals surface area contributed by atoms with Crippen LogP contribution in [0.25, 0.3) is 0 Å². The van der Waals surface area contributed by atoms with E-state index >= 15 is 0 Å². The Balaban J connectivity index is 3.19. The topological polar surface area (TPSA) is 81.8 Å². The van der Waals surface area contributed by atoms with Crippen molar-refractivity contribution in [3.05, 3.63) is 23.3 Å². The minimum atomic E-state index is -0.879. The van der Waals surface area contributed by atoms with Crippen LogP contribution in [0, 0.1) is 0 Å². The third kappa shape index (κ3) is 3.35. The van der Waals surface area contributed by atoms with Gasteiger partial charge in [0.2, 0.25) is 0 Å². The number of hydrogen-bond donors (Lipinski definition) is 2. The van der Waals surface area contributed by atoms with Crippen LogP contribution in [0.1, 0.15) is 11.1 Å². The average molecular weight is 239 g/mol. The Labute approximate surface area is 100 Å². The van der Waals surface area contributed by atoms with Gasteiger partial charge in [0.25, 0.3) is 0 Å². The fraction of sp³-hybridized carbons (Fsp3) is 0.417. The number of rotatable bonds is 6. The zero-order chi connectivity index (χ0) is 12.8. The second-order valence-corrected chi connectivity index (χ2v) is 3.59. The van der Waals surface area contributed by atoms with Gasteiger partial charge in [0.15, 0.2) is 11.5 Å². The number of hydrogen-bond acceptors (Lipinski definition) is 4. The number of nitrogens with two attached hydrogens (primary N) is 1. The first-order valence-corrected chi connectivity index (χ1v) is 5.28. The molecule has 0 bridgehead atoms. The first-order valence-electron chi connectivity index (χ1n) is 5.28. The Morgan fingerprint density at radius 3 is 2.18 bits per heavy atom. The van der Waals surface area contributed by atoms with Gasteiger partial charge in [-0.25, -0.2) is 0 Å². The molecule has 0 fully saturated rings. The van der Waals surface area contributed by atoms with Crippen molar-refractivity contribution in [3.63, 3.8) is 0 Å². The van der Waals surface area contributed by atoms with E-state index in [2.05, 4.69) is 0 Å². The highest BCUT2D eigenvalue weighted by Crippen LogP contribution is 2.31. The summed E-state index contributed by atoms with van der Waals surface area (Å²) in [6.45, 7) is 0.460. The molecule has 0 saturated heterocycles. The lowest BCUT2D eigenvalue weighted by atomic mass is 10.0. The number of methoxy groups -OCH3 is 2. The van der Waals surface area contributed by atoms with Crippen LogP contribution < -0.4 is 15.2 Å². The molecule has 0 unspecified atom stereocenters. The minimum absolute atomic E-state index is 0.0459. The van der Waals surface area contributed by atoms with Crippen molar-refractivity contribution in [2.24, 2.45) is 5.73 Å². The maximum Gasteiger partial charge on any atom is 0.307 e. The number of carboxylic acid groups (broad SMARTS) is 1. The van der Waals surface area contributed by atoms with Gasteiger partial charge in [0, 0.05) is 0 Å². The molecule has 0 saturated carbocycles. The van der Waals surface area contributed by atoms with Crippen molar-refractivity contribution in [1.29, 1.82) is 0 Å². The number of benzene rings is 1. The fourth-order valence-electron chi connectivity index (χ4n) is 1.68. The van der Waals surface area contributed by atoms with Gasteiger partial charge in [0.1, 0.15) is 0 Å². The molecular formula is C12H17NO4. The van der Waals surface area contributed by atoms with E-state index in [9.17, 15) is 4.79 Å². The van der Waals surface area contributed by atoms with Crippen molar-refractivity contribution >= 4 is 5.97 Å². The van der Waals surface area contributed by atoms with E-state index in [1.807, 2.05) is 0 Å². The van der Waals surface area contributed by atoms with Crippen LogP contribution in [0.15, 0.2) is 12.1 Å². The third-order valence-electron chi connectivity index (χ3n) is 2.46. The summed E-state index contributed by atoms with van der Waals surface area (Å²) in [5.74, 6) is 0.241. The van der Waals surface area contributed by atoms with Gasteiger partial charge in [-0.1, -0.05) is 0 Å². The molecule has 5 heteroatoms. The zero-order valence-electron chi connectivity index (χ0n) is 10.0. The summed E-state index contributed by atoms with van der Waals surface area (Å²) >= 11 is 0. The smallest absolute Gasteiger partial charge is 0.307 e. The number of aliphatic carboxylic acids is 1. The summed E-state index contributed by atoms with van der Waals surface area (Å²) in [7, 11) is 3.06. The summed E-state index contributed by atoms with van der Waals surface area (Å²) in [6.07, 6.45) is 0.568. The first kappa shape index (κ1) is 13.3. The Hall–Kier alpha value is -1.75. The lowest BCUT2D eigenvalue weighted by Crippen LogP contribution is -2.09. The van der Waals surface area contributed by atoms with Gasteiger partial charge in [-0.15, -0.1) is 0 Å².